The molecule has 2 aliphatic rings. The molecule has 0 spiro atoms. The smallest absolute Gasteiger partial charge is 0.0468 e. The van der Waals surface area contributed by atoms with Gasteiger partial charge in [0.15, 0.2) is 0 Å². The summed E-state index contributed by atoms with van der Waals surface area (Å²) in [7, 11) is 2.11. The van der Waals surface area contributed by atoms with E-state index >= 15 is 0 Å². The third kappa shape index (κ3) is 2.68. The number of rotatable bonds is 4. The highest BCUT2D eigenvalue weighted by molar-refractivity contribution is 4.87. The monoisotopic (exact) mass is 183 g/mol. The molecule has 1 saturated carbocycles. The van der Waals surface area contributed by atoms with Gasteiger partial charge < -0.3 is 10.1 Å². The minimum absolute atomic E-state index is 0.795. The van der Waals surface area contributed by atoms with E-state index in [9.17, 15) is 0 Å². The Morgan fingerprint density at radius 2 is 1.92 bits per heavy atom. The van der Waals surface area contributed by atoms with Gasteiger partial charge in [-0.15, -0.1) is 0 Å². The Hall–Kier alpha value is -0.0800. The fraction of sp³-hybridized carbons (Fsp3) is 1.00. The van der Waals surface area contributed by atoms with E-state index in [4.69, 9.17) is 4.74 Å². The van der Waals surface area contributed by atoms with Gasteiger partial charge in [0.05, 0.1) is 0 Å². The molecule has 0 radical (unpaired) electrons. The van der Waals surface area contributed by atoms with Crippen LogP contribution in [0.1, 0.15) is 32.1 Å². The van der Waals surface area contributed by atoms with E-state index in [1.54, 1.807) is 0 Å². The Labute approximate surface area is 81.0 Å². The second-order valence-corrected chi connectivity index (χ2v) is 4.52. The summed E-state index contributed by atoms with van der Waals surface area (Å²) in [4.78, 5) is 0. The highest BCUT2D eigenvalue weighted by atomic mass is 16.5. The van der Waals surface area contributed by atoms with Crippen LogP contribution in [-0.4, -0.2) is 26.3 Å². The fourth-order valence-corrected chi connectivity index (χ4v) is 2.39. The standard InChI is InChI=1S/C11H21NO/c1-12-11(10-2-3-10)8-9-4-6-13-7-5-9/h9-12H,2-8H2,1H3. The molecule has 0 bridgehead atoms. The van der Waals surface area contributed by atoms with E-state index in [0.29, 0.717) is 0 Å². The van der Waals surface area contributed by atoms with Crippen LogP contribution < -0.4 is 5.32 Å². The summed E-state index contributed by atoms with van der Waals surface area (Å²) in [5.74, 6) is 1.92. The van der Waals surface area contributed by atoms with Gasteiger partial charge in [-0.2, -0.15) is 0 Å². The molecule has 2 fully saturated rings. The van der Waals surface area contributed by atoms with E-state index in [0.717, 1.165) is 31.1 Å². The maximum absolute atomic E-state index is 5.37. The maximum Gasteiger partial charge on any atom is 0.0468 e. The molecule has 76 valence electrons. The predicted octanol–water partition coefficient (Wildman–Crippen LogP) is 1.80. The molecule has 0 aromatic carbocycles. The second-order valence-electron chi connectivity index (χ2n) is 4.52. The second kappa shape index (κ2) is 4.43. The molecule has 2 heteroatoms. The summed E-state index contributed by atoms with van der Waals surface area (Å²) in [6, 6.07) is 0.795. The largest absolute Gasteiger partial charge is 0.381 e. The molecule has 1 atom stereocenters. The summed E-state index contributed by atoms with van der Waals surface area (Å²) in [6.45, 7) is 1.98. The first-order valence-corrected chi connectivity index (χ1v) is 5.65. The lowest BCUT2D eigenvalue weighted by atomic mass is 9.91. The van der Waals surface area contributed by atoms with E-state index in [1.165, 1.54) is 32.1 Å². The van der Waals surface area contributed by atoms with Crippen molar-refractivity contribution in [2.75, 3.05) is 20.3 Å². The molecule has 1 aliphatic carbocycles. The third-order valence-electron chi connectivity index (χ3n) is 3.49. The first-order chi connectivity index (χ1) is 6.40. The zero-order valence-corrected chi connectivity index (χ0v) is 8.59. The first kappa shape index (κ1) is 9.47. The van der Waals surface area contributed by atoms with Gasteiger partial charge in [0, 0.05) is 19.3 Å². The van der Waals surface area contributed by atoms with Crippen LogP contribution >= 0.6 is 0 Å². The topological polar surface area (TPSA) is 21.3 Å². The van der Waals surface area contributed by atoms with Crippen molar-refractivity contribution < 1.29 is 4.74 Å². The molecule has 1 saturated heterocycles. The van der Waals surface area contributed by atoms with Gasteiger partial charge in [0.25, 0.3) is 0 Å². The van der Waals surface area contributed by atoms with Gasteiger partial charge >= 0.3 is 0 Å². The van der Waals surface area contributed by atoms with Crippen LogP contribution in [0.25, 0.3) is 0 Å². The third-order valence-corrected chi connectivity index (χ3v) is 3.49. The highest BCUT2D eigenvalue weighted by Gasteiger charge is 2.31. The van der Waals surface area contributed by atoms with Crippen LogP contribution in [0, 0.1) is 11.8 Å². The molecule has 13 heavy (non-hydrogen) atoms. The number of hydrogen-bond acceptors (Lipinski definition) is 2. The summed E-state index contributed by atoms with van der Waals surface area (Å²) in [5.41, 5.74) is 0. The van der Waals surface area contributed by atoms with Crippen molar-refractivity contribution in [2.24, 2.45) is 11.8 Å². The number of hydrogen-bond donors (Lipinski definition) is 1. The lowest BCUT2D eigenvalue weighted by Gasteiger charge is -2.26. The van der Waals surface area contributed by atoms with E-state index in [-0.39, 0.29) is 0 Å². The van der Waals surface area contributed by atoms with Crippen molar-refractivity contribution in [3.8, 4) is 0 Å². The SMILES string of the molecule is CNC(CC1CCOCC1)C1CC1. The number of ether oxygens (including phenoxy) is 1. The minimum atomic E-state index is 0.795. The number of nitrogens with one attached hydrogen (secondary N) is 1. The Balaban J connectivity index is 1.73. The van der Waals surface area contributed by atoms with Gasteiger partial charge in [-0.05, 0) is 51.0 Å². The Morgan fingerprint density at radius 3 is 2.46 bits per heavy atom. The molecule has 1 aliphatic heterocycles. The molecule has 1 N–H and O–H groups in total. The van der Waals surface area contributed by atoms with Crippen molar-refractivity contribution in [1.29, 1.82) is 0 Å². The molecule has 0 aromatic rings. The Morgan fingerprint density at radius 1 is 1.23 bits per heavy atom. The molecular formula is C11H21NO. The average molecular weight is 183 g/mol. The molecule has 0 amide bonds. The van der Waals surface area contributed by atoms with Gasteiger partial charge in [0.2, 0.25) is 0 Å². The quantitative estimate of drug-likeness (QED) is 0.717. The van der Waals surface area contributed by atoms with Crippen LogP contribution in [0.2, 0.25) is 0 Å². The van der Waals surface area contributed by atoms with Crippen molar-refractivity contribution >= 4 is 0 Å². The van der Waals surface area contributed by atoms with E-state index in [1.807, 2.05) is 0 Å². The van der Waals surface area contributed by atoms with Crippen molar-refractivity contribution in [3.63, 3.8) is 0 Å². The van der Waals surface area contributed by atoms with Crippen LogP contribution in [0.5, 0.6) is 0 Å². The van der Waals surface area contributed by atoms with Gasteiger partial charge in [-0.25, -0.2) is 0 Å². The molecular weight excluding hydrogens is 162 g/mol. The lowest BCUT2D eigenvalue weighted by molar-refractivity contribution is 0.0600. The Bertz CT molecular complexity index is 150. The van der Waals surface area contributed by atoms with Crippen LogP contribution in [-0.2, 0) is 4.74 Å². The molecule has 1 heterocycles. The van der Waals surface area contributed by atoms with Crippen molar-refractivity contribution in [2.45, 2.75) is 38.1 Å². The fourth-order valence-electron chi connectivity index (χ4n) is 2.39. The van der Waals surface area contributed by atoms with Gasteiger partial charge in [0.1, 0.15) is 0 Å². The molecule has 2 nitrogen and oxygen atoms in total. The minimum Gasteiger partial charge on any atom is -0.381 e. The average Bonchev–Trinajstić information content (AvgIpc) is 2.99. The summed E-state index contributed by atoms with van der Waals surface area (Å²) in [6.07, 6.45) is 6.85. The van der Waals surface area contributed by atoms with Crippen LogP contribution in [0.15, 0.2) is 0 Å². The summed E-state index contributed by atoms with van der Waals surface area (Å²) >= 11 is 0. The van der Waals surface area contributed by atoms with Gasteiger partial charge in [-0.3, -0.25) is 0 Å². The molecule has 1 unspecified atom stereocenters. The normalized spacial score (nSPS) is 27.5. The lowest BCUT2D eigenvalue weighted by Crippen LogP contribution is -2.31. The van der Waals surface area contributed by atoms with E-state index in [2.05, 4.69) is 12.4 Å². The van der Waals surface area contributed by atoms with Crippen LogP contribution in [0.3, 0.4) is 0 Å². The highest BCUT2D eigenvalue weighted by Crippen LogP contribution is 2.36. The molecule has 2 rings (SSSR count). The van der Waals surface area contributed by atoms with E-state index < -0.39 is 0 Å². The zero-order valence-electron chi connectivity index (χ0n) is 8.59. The van der Waals surface area contributed by atoms with Crippen molar-refractivity contribution in [1.82, 2.24) is 5.32 Å². The zero-order chi connectivity index (χ0) is 9.10. The predicted molar refractivity (Wildman–Crippen MR) is 53.7 cm³/mol. The molecule has 0 aromatic heterocycles. The first-order valence-electron chi connectivity index (χ1n) is 5.65. The Kier molecular flexibility index (Phi) is 3.23. The summed E-state index contributed by atoms with van der Waals surface area (Å²) < 4.78 is 5.37. The van der Waals surface area contributed by atoms with Crippen molar-refractivity contribution in [3.05, 3.63) is 0 Å². The van der Waals surface area contributed by atoms with Gasteiger partial charge in [-0.1, -0.05) is 0 Å². The maximum atomic E-state index is 5.37. The summed E-state index contributed by atoms with van der Waals surface area (Å²) in [5, 5.41) is 3.47. The van der Waals surface area contributed by atoms with Crippen LogP contribution in [0.4, 0.5) is 0 Å².